The number of carbonyl (C=O) groups excluding carboxylic acids is 1. The lowest BCUT2D eigenvalue weighted by molar-refractivity contribution is 0.0600. The molecule has 9 nitrogen and oxygen atoms in total. The first-order valence-corrected chi connectivity index (χ1v) is 11.5. The van der Waals surface area contributed by atoms with Crippen molar-refractivity contribution in [2.45, 2.75) is 9.79 Å². The van der Waals surface area contributed by atoms with Gasteiger partial charge in [-0.25, -0.2) is 13.2 Å². The first kappa shape index (κ1) is 23.0. The molecule has 174 valence electrons. The first-order valence-electron chi connectivity index (χ1n) is 9.98. The summed E-state index contributed by atoms with van der Waals surface area (Å²) >= 11 is 0. The lowest BCUT2D eigenvalue weighted by Crippen LogP contribution is -2.06. The number of para-hydroxylation sites is 1. The van der Waals surface area contributed by atoms with Gasteiger partial charge in [0, 0.05) is 0 Å². The summed E-state index contributed by atoms with van der Waals surface area (Å²) in [6.07, 6.45) is 0. The molecule has 4 rings (SSSR count). The predicted octanol–water partition coefficient (Wildman–Crippen LogP) is 4.04. The zero-order valence-corrected chi connectivity index (χ0v) is 19.3. The minimum atomic E-state index is -3.97. The second-order valence-corrected chi connectivity index (χ2v) is 8.90. The SMILES string of the molecule is COC(=O)c1ccc(S(=O)(=O)c2ccccc2-c2nc(-c3cccc(OC)c3OC)no2)cc1. The van der Waals surface area contributed by atoms with Crippen molar-refractivity contribution in [3.63, 3.8) is 0 Å². The third kappa shape index (κ3) is 4.11. The molecule has 1 heterocycles. The number of benzene rings is 3. The fourth-order valence-electron chi connectivity index (χ4n) is 3.40. The van der Waals surface area contributed by atoms with Crippen molar-refractivity contribution in [3.8, 4) is 34.3 Å². The molecule has 3 aromatic carbocycles. The Morgan fingerprint density at radius 3 is 2.24 bits per heavy atom. The number of rotatable bonds is 7. The van der Waals surface area contributed by atoms with Crippen molar-refractivity contribution >= 4 is 15.8 Å². The van der Waals surface area contributed by atoms with Crippen LogP contribution in [0.2, 0.25) is 0 Å². The number of hydrogen-bond acceptors (Lipinski definition) is 9. The highest BCUT2D eigenvalue weighted by Gasteiger charge is 2.26. The lowest BCUT2D eigenvalue weighted by atomic mass is 10.1. The Hall–Kier alpha value is -4.18. The van der Waals surface area contributed by atoms with Crippen LogP contribution in [0.15, 0.2) is 81.0 Å². The van der Waals surface area contributed by atoms with Gasteiger partial charge in [0.1, 0.15) is 0 Å². The monoisotopic (exact) mass is 480 g/mol. The summed E-state index contributed by atoms with van der Waals surface area (Å²) in [5, 5.41) is 4.02. The molecular formula is C24H20N2O7S. The lowest BCUT2D eigenvalue weighted by Gasteiger charge is -2.10. The summed E-state index contributed by atoms with van der Waals surface area (Å²) in [7, 11) is 0.294. The summed E-state index contributed by atoms with van der Waals surface area (Å²) in [6, 6.07) is 17.0. The van der Waals surface area contributed by atoms with E-state index in [-0.39, 0.29) is 32.6 Å². The topological polar surface area (TPSA) is 118 Å². The van der Waals surface area contributed by atoms with E-state index in [4.69, 9.17) is 14.0 Å². The van der Waals surface area contributed by atoms with E-state index in [1.165, 1.54) is 51.7 Å². The number of carbonyl (C=O) groups is 1. The maximum atomic E-state index is 13.4. The van der Waals surface area contributed by atoms with Crippen LogP contribution in [0.1, 0.15) is 10.4 Å². The van der Waals surface area contributed by atoms with Gasteiger partial charge in [-0.1, -0.05) is 23.4 Å². The van der Waals surface area contributed by atoms with Gasteiger partial charge in [0.25, 0.3) is 5.89 Å². The van der Waals surface area contributed by atoms with E-state index in [2.05, 4.69) is 14.9 Å². The van der Waals surface area contributed by atoms with Gasteiger partial charge in [0.05, 0.1) is 47.8 Å². The number of sulfone groups is 1. The molecule has 0 spiro atoms. The molecule has 34 heavy (non-hydrogen) atoms. The third-order valence-corrected chi connectivity index (χ3v) is 6.89. The zero-order valence-electron chi connectivity index (χ0n) is 18.5. The molecule has 4 aromatic rings. The van der Waals surface area contributed by atoms with Crippen LogP contribution < -0.4 is 9.47 Å². The molecule has 0 saturated carbocycles. The van der Waals surface area contributed by atoms with E-state index in [0.717, 1.165) is 0 Å². The number of hydrogen-bond donors (Lipinski definition) is 0. The average molecular weight is 480 g/mol. The fourth-order valence-corrected chi connectivity index (χ4v) is 4.85. The van der Waals surface area contributed by atoms with Crippen LogP contribution in [0.25, 0.3) is 22.8 Å². The summed E-state index contributed by atoms with van der Waals surface area (Å²) < 4.78 is 47.6. The Morgan fingerprint density at radius 2 is 1.56 bits per heavy atom. The number of ether oxygens (including phenoxy) is 3. The highest BCUT2D eigenvalue weighted by molar-refractivity contribution is 7.91. The van der Waals surface area contributed by atoms with Gasteiger partial charge in [-0.3, -0.25) is 0 Å². The maximum Gasteiger partial charge on any atom is 0.337 e. The smallest absolute Gasteiger partial charge is 0.337 e. The van der Waals surface area contributed by atoms with Crippen LogP contribution >= 0.6 is 0 Å². The number of nitrogens with zero attached hydrogens (tertiary/aromatic N) is 2. The second kappa shape index (κ2) is 9.36. The molecular weight excluding hydrogens is 460 g/mol. The van der Waals surface area contributed by atoms with Gasteiger partial charge >= 0.3 is 5.97 Å². The van der Waals surface area contributed by atoms with Crippen molar-refractivity contribution in [2.75, 3.05) is 21.3 Å². The van der Waals surface area contributed by atoms with Crippen molar-refractivity contribution in [1.29, 1.82) is 0 Å². The Kier molecular flexibility index (Phi) is 6.33. The quantitative estimate of drug-likeness (QED) is 0.361. The summed E-state index contributed by atoms with van der Waals surface area (Å²) in [5.74, 6) is 0.579. The van der Waals surface area contributed by atoms with Crippen LogP contribution in [0, 0.1) is 0 Å². The normalized spacial score (nSPS) is 11.1. The Labute approximate surface area is 195 Å². The fraction of sp³-hybridized carbons (Fsp3) is 0.125. The molecule has 0 atom stereocenters. The Morgan fingerprint density at radius 1 is 0.853 bits per heavy atom. The van der Waals surface area contributed by atoms with Gasteiger partial charge in [-0.2, -0.15) is 4.98 Å². The molecule has 0 fully saturated rings. The van der Waals surface area contributed by atoms with E-state index < -0.39 is 15.8 Å². The molecule has 0 radical (unpaired) electrons. The Bertz CT molecular complexity index is 1440. The van der Waals surface area contributed by atoms with Crippen LogP contribution in [-0.4, -0.2) is 45.9 Å². The van der Waals surface area contributed by atoms with Crippen LogP contribution in [-0.2, 0) is 14.6 Å². The van der Waals surface area contributed by atoms with Gasteiger partial charge in [-0.15, -0.1) is 0 Å². The van der Waals surface area contributed by atoms with Gasteiger partial charge in [0.2, 0.25) is 15.7 Å². The summed E-state index contributed by atoms with van der Waals surface area (Å²) in [5.41, 5.74) is 0.999. The minimum absolute atomic E-state index is 0.00167. The summed E-state index contributed by atoms with van der Waals surface area (Å²) in [6.45, 7) is 0. The standard InChI is InChI=1S/C24H20N2O7S/c1-30-19-9-6-8-18(21(19)31-2)22-25-23(33-26-22)17-7-4-5-10-20(17)34(28,29)16-13-11-15(12-14-16)24(27)32-3/h4-14H,1-3H3. The Balaban J connectivity index is 1.76. The van der Waals surface area contributed by atoms with Gasteiger partial charge in [-0.05, 0) is 48.5 Å². The molecule has 1 aromatic heterocycles. The number of aromatic nitrogens is 2. The third-order valence-electron chi connectivity index (χ3n) is 5.06. The predicted molar refractivity (Wildman–Crippen MR) is 122 cm³/mol. The highest BCUT2D eigenvalue weighted by atomic mass is 32.2. The molecule has 0 N–H and O–H groups in total. The molecule has 0 aliphatic rings. The second-order valence-electron chi connectivity index (χ2n) is 6.98. The van der Waals surface area contributed by atoms with E-state index in [1.54, 1.807) is 36.4 Å². The molecule has 0 aliphatic heterocycles. The molecule has 0 amide bonds. The zero-order chi connectivity index (χ0) is 24.3. The van der Waals surface area contributed by atoms with Crippen LogP contribution in [0.3, 0.4) is 0 Å². The van der Waals surface area contributed by atoms with Gasteiger partial charge in [0.15, 0.2) is 11.5 Å². The van der Waals surface area contributed by atoms with E-state index in [1.807, 2.05) is 0 Å². The van der Waals surface area contributed by atoms with Crippen LogP contribution in [0.4, 0.5) is 0 Å². The maximum absolute atomic E-state index is 13.4. The molecule has 0 bridgehead atoms. The molecule has 0 aliphatic carbocycles. The van der Waals surface area contributed by atoms with Crippen molar-refractivity contribution in [2.24, 2.45) is 0 Å². The van der Waals surface area contributed by atoms with Crippen molar-refractivity contribution in [1.82, 2.24) is 10.1 Å². The average Bonchev–Trinajstić information content (AvgIpc) is 3.37. The first-order chi connectivity index (χ1) is 16.4. The van der Waals surface area contributed by atoms with E-state index >= 15 is 0 Å². The largest absolute Gasteiger partial charge is 0.493 e. The van der Waals surface area contributed by atoms with Gasteiger partial charge < -0.3 is 18.7 Å². The minimum Gasteiger partial charge on any atom is -0.493 e. The van der Waals surface area contributed by atoms with Crippen LogP contribution in [0.5, 0.6) is 11.5 Å². The summed E-state index contributed by atoms with van der Waals surface area (Å²) in [4.78, 5) is 16.1. The highest BCUT2D eigenvalue weighted by Crippen LogP contribution is 2.38. The number of methoxy groups -OCH3 is 3. The van der Waals surface area contributed by atoms with Crippen molar-refractivity contribution in [3.05, 3.63) is 72.3 Å². The van der Waals surface area contributed by atoms with E-state index in [9.17, 15) is 13.2 Å². The molecule has 10 heteroatoms. The van der Waals surface area contributed by atoms with Crippen molar-refractivity contribution < 1.29 is 31.9 Å². The molecule has 0 saturated heterocycles. The number of esters is 1. The molecule has 0 unspecified atom stereocenters. The van der Waals surface area contributed by atoms with E-state index in [0.29, 0.717) is 17.1 Å².